The summed E-state index contributed by atoms with van der Waals surface area (Å²) >= 11 is 12.3. The summed E-state index contributed by atoms with van der Waals surface area (Å²) in [6, 6.07) is 18.0. The van der Waals surface area contributed by atoms with Crippen LogP contribution in [0.3, 0.4) is 0 Å². The number of benzene rings is 3. The van der Waals surface area contributed by atoms with Crippen LogP contribution in [-0.2, 0) is 33.0 Å². The first-order valence-corrected chi connectivity index (χ1v) is 14.5. The largest absolute Gasteiger partial charge is 0.465 e. The highest BCUT2D eigenvalue weighted by Gasteiger charge is 2.30. The van der Waals surface area contributed by atoms with E-state index in [4.69, 9.17) is 33.2 Å². The van der Waals surface area contributed by atoms with Gasteiger partial charge in [-0.25, -0.2) is 8.42 Å². The average Bonchev–Trinajstić information content (AvgIpc) is 3.27. The maximum Gasteiger partial charge on any atom is 0.326 e. The zero-order valence-corrected chi connectivity index (χ0v) is 24.1. The van der Waals surface area contributed by atoms with E-state index < -0.39 is 22.5 Å². The lowest BCUT2D eigenvalue weighted by Gasteiger charge is -2.24. The summed E-state index contributed by atoms with van der Waals surface area (Å²) < 4.78 is 35.3. The molecule has 8 nitrogen and oxygen atoms in total. The van der Waals surface area contributed by atoms with Crippen molar-refractivity contribution in [2.75, 3.05) is 17.5 Å². The summed E-state index contributed by atoms with van der Waals surface area (Å²) in [5.74, 6) is -0.888. The smallest absolute Gasteiger partial charge is 0.326 e. The second-order valence-corrected chi connectivity index (χ2v) is 11.7. The van der Waals surface area contributed by atoms with E-state index in [9.17, 15) is 18.0 Å². The quantitative estimate of drug-likeness (QED) is 0.165. The fourth-order valence-electron chi connectivity index (χ4n) is 4.33. The molecule has 0 spiro atoms. The first kappa shape index (κ1) is 29.2. The molecule has 0 fully saturated rings. The number of hydrogen-bond acceptors (Lipinski definition) is 6. The molecule has 4 rings (SSSR count). The van der Waals surface area contributed by atoms with Crippen molar-refractivity contribution in [1.29, 1.82) is 5.26 Å². The van der Waals surface area contributed by atoms with Gasteiger partial charge in [0.25, 0.3) is 10.0 Å². The molecule has 1 heterocycles. The number of anilines is 1. The lowest BCUT2D eigenvalue weighted by molar-refractivity contribution is -0.141. The Morgan fingerprint density at radius 2 is 1.77 bits per heavy atom. The zero-order valence-electron chi connectivity index (χ0n) is 21.7. The van der Waals surface area contributed by atoms with Gasteiger partial charge in [0.2, 0.25) is 0 Å². The molecule has 4 aromatic rings. The van der Waals surface area contributed by atoms with Crippen LogP contribution in [0.4, 0.5) is 5.69 Å². The van der Waals surface area contributed by atoms with Gasteiger partial charge in [-0.05, 0) is 67.4 Å². The standard InChI is InChI=1S/C29H25Cl2N3O5S/c1-3-39-29(36)18-34(40(37,38)28-14-21(30)9-11-25(28)31)22-10-12-26-23(15-22)24(17-33(26)2)27(35)13-8-19-4-6-20(16-32)7-5-19/h4-7,9-12,14-15,17H,3,8,13,18H2,1-2H3. The molecular formula is C29H25Cl2N3O5S. The van der Waals surface area contributed by atoms with E-state index in [1.54, 1.807) is 55.1 Å². The Hall–Kier alpha value is -3.84. The first-order chi connectivity index (χ1) is 19.0. The Morgan fingerprint density at radius 3 is 2.45 bits per heavy atom. The number of aryl methyl sites for hydroxylation is 2. The number of Topliss-reactive ketones (excluding diaryl/α,β-unsaturated/α-hetero) is 1. The molecule has 0 aliphatic carbocycles. The molecule has 0 aliphatic rings. The number of sulfonamides is 1. The summed E-state index contributed by atoms with van der Waals surface area (Å²) in [4.78, 5) is 25.5. The molecule has 0 N–H and O–H groups in total. The number of nitrogens with zero attached hydrogens (tertiary/aromatic N) is 3. The molecule has 40 heavy (non-hydrogen) atoms. The fourth-order valence-corrected chi connectivity index (χ4v) is 6.47. The fraction of sp³-hybridized carbons (Fsp3) is 0.207. The number of ether oxygens (including phenoxy) is 1. The molecule has 0 aliphatic heterocycles. The van der Waals surface area contributed by atoms with E-state index in [0.717, 1.165) is 9.87 Å². The van der Waals surface area contributed by atoms with Crippen LogP contribution < -0.4 is 4.31 Å². The highest BCUT2D eigenvalue weighted by atomic mass is 35.5. The van der Waals surface area contributed by atoms with E-state index in [2.05, 4.69) is 6.07 Å². The van der Waals surface area contributed by atoms with Gasteiger partial charge >= 0.3 is 5.97 Å². The first-order valence-electron chi connectivity index (χ1n) is 12.3. The molecule has 3 aromatic carbocycles. The predicted octanol–water partition coefficient (Wildman–Crippen LogP) is 5.93. The van der Waals surface area contributed by atoms with Gasteiger partial charge in [-0.1, -0.05) is 35.3 Å². The number of carbonyl (C=O) groups excluding carboxylic acids is 2. The van der Waals surface area contributed by atoms with E-state index in [1.807, 2.05) is 12.1 Å². The maximum atomic E-state index is 13.8. The molecule has 0 radical (unpaired) electrons. The van der Waals surface area contributed by atoms with Crippen molar-refractivity contribution in [3.05, 3.63) is 93.6 Å². The molecule has 0 bridgehead atoms. The van der Waals surface area contributed by atoms with Gasteiger partial charge in [-0.3, -0.25) is 13.9 Å². The second-order valence-electron chi connectivity index (χ2n) is 8.98. The Kier molecular flexibility index (Phi) is 8.84. The highest BCUT2D eigenvalue weighted by Crippen LogP contribution is 2.33. The second kappa shape index (κ2) is 12.1. The van der Waals surface area contributed by atoms with Crippen LogP contribution in [0.5, 0.6) is 0 Å². The van der Waals surface area contributed by atoms with Crippen molar-refractivity contribution in [3.63, 3.8) is 0 Å². The van der Waals surface area contributed by atoms with Crippen molar-refractivity contribution in [2.24, 2.45) is 7.05 Å². The van der Waals surface area contributed by atoms with Crippen LogP contribution in [0, 0.1) is 11.3 Å². The van der Waals surface area contributed by atoms with Crippen molar-refractivity contribution >= 4 is 61.6 Å². The van der Waals surface area contributed by atoms with Crippen molar-refractivity contribution in [1.82, 2.24) is 4.57 Å². The van der Waals surface area contributed by atoms with Crippen LogP contribution in [0.25, 0.3) is 10.9 Å². The Morgan fingerprint density at radius 1 is 1.05 bits per heavy atom. The Labute approximate surface area is 242 Å². The van der Waals surface area contributed by atoms with Crippen LogP contribution in [0.15, 0.2) is 71.8 Å². The third-order valence-electron chi connectivity index (χ3n) is 6.32. The number of halogens is 2. The Balaban J connectivity index is 1.74. The highest BCUT2D eigenvalue weighted by molar-refractivity contribution is 7.93. The molecule has 206 valence electrons. The van der Waals surface area contributed by atoms with Gasteiger partial charge < -0.3 is 9.30 Å². The third kappa shape index (κ3) is 6.15. The average molecular weight is 599 g/mol. The van der Waals surface area contributed by atoms with Crippen molar-refractivity contribution < 1.29 is 22.7 Å². The van der Waals surface area contributed by atoms with E-state index in [0.29, 0.717) is 28.5 Å². The van der Waals surface area contributed by atoms with Gasteiger partial charge in [-0.2, -0.15) is 5.26 Å². The summed E-state index contributed by atoms with van der Waals surface area (Å²) in [6.07, 6.45) is 2.38. The number of esters is 1. The molecule has 0 unspecified atom stereocenters. The van der Waals surface area contributed by atoms with Crippen molar-refractivity contribution in [3.8, 4) is 6.07 Å². The summed E-state index contributed by atoms with van der Waals surface area (Å²) in [6.45, 7) is 1.08. The van der Waals surface area contributed by atoms with E-state index in [-0.39, 0.29) is 39.4 Å². The van der Waals surface area contributed by atoms with Crippen LogP contribution >= 0.6 is 23.2 Å². The van der Waals surface area contributed by atoms with Gasteiger partial charge in [0.05, 0.1) is 28.9 Å². The van der Waals surface area contributed by atoms with E-state index >= 15 is 0 Å². The molecule has 0 saturated carbocycles. The lowest BCUT2D eigenvalue weighted by Crippen LogP contribution is -2.36. The lowest BCUT2D eigenvalue weighted by atomic mass is 10.0. The molecule has 0 amide bonds. The summed E-state index contributed by atoms with van der Waals surface area (Å²) in [7, 11) is -2.58. The molecule has 11 heteroatoms. The van der Waals surface area contributed by atoms with Crippen LogP contribution in [-0.4, -0.2) is 37.9 Å². The number of rotatable bonds is 10. The topological polar surface area (TPSA) is 109 Å². The number of fused-ring (bicyclic) bond motifs is 1. The van der Waals surface area contributed by atoms with Crippen molar-refractivity contribution in [2.45, 2.75) is 24.7 Å². The monoisotopic (exact) mass is 597 g/mol. The van der Waals surface area contributed by atoms with E-state index in [1.165, 1.54) is 18.2 Å². The molecule has 0 saturated heterocycles. The third-order valence-corrected chi connectivity index (χ3v) is 8.82. The normalized spacial score (nSPS) is 11.3. The van der Waals surface area contributed by atoms with Gasteiger partial charge in [-0.15, -0.1) is 0 Å². The minimum atomic E-state index is -4.37. The molecule has 1 aromatic heterocycles. The van der Waals surface area contributed by atoms with Crippen LogP contribution in [0.2, 0.25) is 10.0 Å². The predicted molar refractivity (Wildman–Crippen MR) is 154 cm³/mol. The molecular weight excluding hydrogens is 573 g/mol. The number of aromatic nitrogens is 1. The van der Waals surface area contributed by atoms with Gasteiger partial charge in [0.1, 0.15) is 11.4 Å². The minimum Gasteiger partial charge on any atom is -0.465 e. The number of ketones is 1. The summed E-state index contributed by atoms with van der Waals surface area (Å²) in [5.41, 5.74) is 2.74. The number of nitriles is 1. The number of hydrogen-bond donors (Lipinski definition) is 0. The van der Waals surface area contributed by atoms with Gasteiger partial charge in [0, 0.05) is 41.2 Å². The Bertz CT molecular complexity index is 1740. The van der Waals surface area contributed by atoms with Gasteiger partial charge in [0.15, 0.2) is 5.78 Å². The maximum absolute atomic E-state index is 13.8. The summed E-state index contributed by atoms with van der Waals surface area (Å²) in [5, 5.41) is 9.63. The zero-order chi connectivity index (χ0) is 29.0. The van der Waals surface area contributed by atoms with Crippen LogP contribution in [0.1, 0.15) is 34.8 Å². The SMILES string of the molecule is CCOC(=O)CN(c1ccc2c(c1)c(C(=O)CCc1ccc(C#N)cc1)cn2C)S(=O)(=O)c1cc(Cl)ccc1Cl. The number of carbonyl (C=O) groups is 2. The molecule has 0 atom stereocenters. The minimum absolute atomic E-state index is 0.0577.